The standard InChI is InChI=1S/C29H54N12O11S2/c1-14(22(45)41-20(13-54)28(51)52)36-26(49)18(10-42)40-27(50)19(11-43)39-25(48)17(6-4-8-34-29(32)33)37-21(44)9-35-24(47)16(5-2-3-7-30)38-23(46)15(31)12-53/h14-20,42-43,53-54H,2-13,30-31H2,1H3,(H,35,47)(H,36,49)(H,37,44)(H,38,46)(H,39,48)(H,40,50)(H,41,45)(H,51,52)(H4,32,33,34)/t14-,15-,16-,17-,18-,19-,20-/m0/s1. The molecule has 0 aromatic heterocycles. The zero-order valence-electron chi connectivity index (χ0n) is 29.8. The molecule has 23 nitrogen and oxygen atoms in total. The van der Waals surface area contributed by atoms with Crippen LogP contribution >= 0.6 is 25.3 Å². The maximum atomic E-state index is 13.3. The van der Waals surface area contributed by atoms with Gasteiger partial charge in [-0.2, -0.15) is 25.3 Å². The molecule has 0 bridgehead atoms. The number of thiol groups is 2. The number of rotatable bonds is 27. The van der Waals surface area contributed by atoms with Crippen LogP contribution in [0.15, 0.2) is 4.99 Å². The van der Waals surface area contributed by atoms with Crippen LogP contribution in [-0.4, -0.2) is 155 Å². The van der Waals surface area contributed by atoms with Gasteiger partial charge in [-0.1, -0.05) is 0 Å². The summed E-state index contributed by atoms with van der Waals surface area (Å²) in [7, 11) is 0. The summed E-state index contributed by atoms with van der Waals surface area (Å²) in [5, 5.41) is 44.7. The number of guanidine groups is 1. The Balaban J connectivity index is 5.67. The average Bonchev–Trinajstić information content (AvgIpc) is 3.13. The van der Waals surface area contributed by atoms with Crippen molar-refractivity contribution in [3.8, 4) is 0 Å². The number of nitrogens with two attached hydrogens (primary N) is 4. The van der Waals surface area contributed by atoms with E-state index in [1.807, 2.05) is 0 Å². The summed E-state index contributed by atoms with van der Waals surface area (Å²) in [4.78, 5) is 104. The molecule has 0 spiro atoms. The van der Waals surface area contributed by atoms with Crippen molar-refractivity contribution in [3.05, 3.63) is 0 Å². The first kappa shape index (κ1) is 49.6. The lowest BCUT2D eigenvalue weighted by molar-refractivity contribution is -0.141. The van der Waals surface area contributed by atoms with Crippen LogP contribution in [0.3, 0.4) is 0 Å². The molecule has 0 radical (unpaired) electrons. The Hall–Kier alpha value is -4.43. The fourth-order valence-electron chi connectivity index (χ4n) is 4.23. The number of nitrogens with zero attached hydrogens (tertiary/aromatic N) is 1. The van der Waals surface area contributed by atoms with Crippen molar-refractivity contribution in [2.45, 2.75) is 81.3 Å². The summed E-state index contributed by atoms with van der Waals surface area (Å²) in [6.45, 7) is -1.03. The quantitative estimate of drug-likeness (QED) is 0.0159. The summed E-state index contributed by atoms with van der Waals surface area (Å²) in [6, 6.07) is -9.49. The number of aliphatic hydroxyl groups is 2. The number of aliphatic imine (C=N–C) groups is 1. The number of carboxylic acid groups (broad SMARTS) is 1. The molecule has 0 aliphatic rings. The fraction of sp³-hybridized carbons (Fsp3) is 0.690. The van der Waals surface area contributed by atoms with E-state index < -0.39 is 109 Å². The van der Waals surface area contributed by atoms with Gasteiger partial charge in [-0.15, -0.1) is 0 Å². The third-order valence-corrected chi connectivity index (χ3v) is 8.07. The molecular weight excluding hydrogens is 757 g/mol. The van der Waals surface area contributed by atoms with Gasteiger partial charge in [0.05, 0.1) is 25.8 Å². The summed E-state index contributed by atoms with van der Waals surface area (Å²) in [6.07, 6.45) is 1.26. The SMILES string of the molecule is C[C@H](NC(=O)[C@H](CO)NC(=O)[C@H](CO)NC(=O)[C@H](CCCN=C(N)N)NC(=O)CNC(=O)[C@H](CCCCN)NC(=O)[C@@H](N)CS)C(=O)N[C@@H](CS)C(=O)O. The van der Waals surface area contributed by atoms with Crippen molar-refractivity contribution in [2.75, 3.05) is 44.4 Å². The number of carboxylic acids is 1. The van der Waals surface area contributed by atoms with Crippen molar-refractivity contribution < 1.29 is 53.7 Å². The number of unbranched alkanes of at least 4 members (excludes halogenated alkanes) is 1. The third kappa shape index (κ3) is 19.6. The molecule has 0 saturated heterocycles. The van der Waals surface area contributed by atoms with Crippen LogP contribution in [-0.2, 0) is 38.4 Å². The Bertz CT molecular complexity index is 1310. The molecule has 0 aliphatic heterocycles. The van der Waals surface area contributed by atoms with Crippen molar-refractivity contribution in [1.82, 2.24) is 37.2 Å². The lowest BCUT2D eigenvalue weighted by Crippen LogP contribution is -2.60. The van der Waals surface area contributed by atoms with Gasteiger partial charge in [0.2, 0.25) is 41.4 Å². The molecular formula is C29H54N12O11S2. The molecule has 0 aromatic rings. The van der Waals surface area contributed by atoms with Gasteiger partial charge in [-0.05, 0) is 45.6 Å². The van der Waals surface area contributed by atoms with Crippen LogP contribution in [0.2, 0.25) is 0 Å². The Morgan fingerprint density at radius 1 is 0.648 bits per heavy atom. The Kier molecular flexibility index (Phi) is 25.0. The largest absolute Gasteiger partial charge is 0.480 e. The number of hydrogen-bond acceptors (Lipinski definition) is 15. The van der Waals surface area contributed by atoms with E-state index in [0.29, 0.717) is 19.4 Å². The van der Waals surface area contributed by atoms with Crippen LogP contribution in [0.1, 0.15) is 39.0 Å². The molecule has 0 aliphatic carbocycles. The van der Waals surface area contributed by atoms with Crippen LogP contribution in [0.5, 0.6) is 0 Å². The van der Waals surface area contributed by atoms with Gasteiger partial charge < -0.3 is 75.5 Å². The normalized spacial score (nSPS) is 14.6. The molecule has 0 saturated carbocycles. The molecule has 7 amide bonds. The van der Waals surface area contributed by atoms with E-state index in [0.717, 1.165) is 0 Å². The molecule has 0 heterocycles. The fourth-order valence-corrected chi connectivity index (χ4v) is 4.64. The topological polar surface area (TPSA) is 398 Å². The first-order valence-corrected chi connectivity index (χ1v) is 18.0. The maximum Gasteiger partial charge on any atom is 0.327 e. The number of hydrogen-bond donors (Lipinski definition) is 16. The lowest BCUT2D eigenvalue weighted by Gasteiger charge is -2.25. The first-order chi connectivity index (χ1) is 25.4. The number of nitrogens with one attached hydrogen (secondary N) is 7. The molecule has 0 unspecified atom stereocenters. The summed E-state index contributed by atoms with van der Waals surface area (Å²) < 4.78 is 0. The van der Waals surface area contributed by atoms with Crippen molar-refractivity contribution in [3.63, 3.8) is 0 Å². The Morgan fingerprint density at radius 2 is 1.15 bits per heavy atom. The van der Waals surface area contributed by atoms with Gasteiger partial charge in [0.15, 0.2) is 5.96 Å². The monoisotopic (exact) mass is 810 g/mol. The first-order valence-electron chi connectivity index (χ1n) is 16.7. The van der Waals surface area contributed by atoms with Crippen molar-refractivity contribution in [2.24, 2.45) is 27.9 Å². The Labute approximate surface area is 322 Å². The van der Waals surface area contributed by atoms with Gasteiger partial charge in [0.1, 0.15) is 36.3 Å². The predicted octanol–water partition coefficient (Wildman–Crippen LogP) is -7.53. The molecule has 54 heavy (non-hydrogen) atoms. The van der Waals surface area contributed by atoms with E-state index in [4.69, 9.17) is 28.0 Å². The minimum Gasteiger partial charge on any atom is -0.480 e. The predicted molar refractivity (Wildman–Crippen MR) is 201 cm³/mol. The molecule has 0 fully saturated rings. The van der Waals surface area contributed by atoms with Crippen LogP contribution in [0.4, 0.5) is 0 Å². The molecule has 0 rings (SSSR count). The van der Waals surface area contributed by atoms with Gasteiger partial charge in [0.25, 0.3) is 0 Å². The molecule has 0 aromatic carbocycles. The summed E-state index contributed by atoms with van der Waals surface area (Å²) >= 11 is 7.80. The zero-order chi connectivity index (χ0) is 41.4. The highest BCUT2D eigenvalue weighted by atomic mass is 32.1. The second-order valence-corrected chi connectivity index (χ2v) is 12.5. The number of carbonyl (C=O) groups is 8. The van der Waals surface area contributed by atoms with Crippen LogP contribution in [0.25, 0.3) is 0 Å². The molecule has 18 N–H and O–H groups in total. The zero-order valence-corrected chi connectivity index (χ0v) is 31.6. The number of aliphatic carboxylic acids is 1. The van der Waals surface area contributed by atoms with Crippen molar-refractivity contribution >= 4 is 78.5 Å². The number of amides is 7. The van der Waals surface area contributed by atoms with E-state index in [9.17, 15) is 48.6 Å². The Morgan fingerprint density at radius 3 is 1.65 bits per heavy atom. The molecule has 7 atom stereocenters. The highest BCUT2D eigenvalue weighted by Gasteiger charge is 2.31. The van der Waals surface area contributed by atoms with Gasteiger partial charge in [-0.25, -0.2) is 4.79 Å². The second kappa shape index (κ2) is 27.2. The van der Waals surface area contributed by atoms with E-state index in [2.05, 4.69) is 67.5 Å². The smallest absolute Gasteiger partial charge is 0.327 e. The summed E-state index contributed by atoms with van der Waals surface area (Å²) in [5.74, 6) is -8.11. The molecule has 308 valence electrons. The second-order valence-electron chi connectivity index (χ2n) is 11.7. The van der Waals surface area contributed by atoms with Gasteiger partial charge in [-0.3, -0.25) is 38.6 Å². The average molecular weight is 811 g/mol. The third-order valence-electron chi connectivity index (χ3n) is 7.31. The van der Waals surface area contributed by atoms with E-state index >= 15 is 0 Å². The number of aliphatic hydroxyl groups excluding tert-OH is 2. The summed E-state index contributed by atoms with van der Waals surface area (Å²) in [5.41, 5.74) is 21.9. The molecule has 25 heteroatoms. The van der Waals surface area contributed by atoms with Crippen molar-refractivity contribution in [1.29, 1.82) is 0 Å². The minimum absolute atomic E-state index is 0.0165. The minimum atomic E-state index is -1.72. The van der Waals surface area contributed by atoms with Crippen LogP contribution < -0.4 is 60.2 Å². The van der Waals surface area contributed by atoms with E-state index in [1.54, 1.807) is 0 Å². The number of carbonyl (C=O) groups excluding carboxylic acids is 7. The van der Waals surface area contributed by atoms with E-state index in [-0.39, 0.29) is 43.3 Å². The maximum absolute atomic E-state index is 13.3. The lowest BCUT2D eigenvalue weighted by atomic mass is 10.1. The highest BCUT2D eigenvalue weighted by molar-refractivity contribution is 7.80. The highest BCUT2D eigenvalue weighted by Crippen LogP contribution is 2.03. The van der Waals surface area contributed by atoms with Crippen LogP contribution in [0, 0.1) is 0 Å². The van der Waals surface area contributed by atoms with E-state index in [1.165, 1.54) is 6.92 Å². The van der Waals surface area contributed by atoms with Gasteiger partial charge in [0, 0.05) is 18.1 Å². The van der Waals surface area contributed by atoms with Gasteiger partial charge >= 0.3 is 5.97 Å².